The molecule has 2 fully saturated rings. The number of hydrogen-bond donors (Lipinski definition) is 2. The third kappa shape index (κ3) is 4.89. The lowest BCUT2D eigenvalue weighted by molar-refractivity contribution is 0.0608. The van der Waals surface area contributed by atoms with Crippen LogP contribution in [0.2, 0.25) is 0 Å². The molecule has 0 atom stereocenters. The number of ether oxygens (including phenoxy) is 1. The van der Waals surface area contributed by atoms with Crippen LogP contribution in [0.25, 0.3) is 10.9 Å². The van der Waals surface area contributed by atoms with Crippen LogP contribution in [0.5, 0.6) is 5.88 Å². The lowest BCUT2D eigenvalue weighted by Gasteiger charge is -2.37. The number of β-amino-alcohol motifs (C(OH)–C–C–N with tert-alkyl or cyclic N) is 1. The van der Waals surface area contributed by atoms with Gasteiger partial charge in [-0.15, -0.1) is 0 Å². The Morgan fingerprint density at radius 1 is 1.31 bits per heavy atom. The van der Waals surface area contributed by atoms with Crippen molar-refractivity contribution in [1.29, 1.82) is 5.26 Å². The van der Waals surface area contributed by atoms with Gasteiger partial charge < -0.3 is 19.7 Å². The van der Waals surface area contributed by atoms with Crippen LogP contribution in [0.15, 0.2) is 47.4 Å². The monoisotopic (exact) mass is 491 g/mol. The minimum absolute atomic E-state index is 0.0197. The third-order valence-corrected chi connectivity index (χ3v) is 7.77. The van der Waals surface area contributed by atoms with Gasteiger partial charge in [-0.25, -0.2) is 9.29 Å². The number of aliphatic hydroxyl groups excluding tert-OH is 1. The first-order valence-corrected chi connectivity index (χ1v) is 12.2. The van der Waals surface area contributed by atoms with E-state index in [1.54, 1.807) is 61.6 Å². The SMILES string of the molecule is Cn1c(=O)c(C(=O)NCc2ccc(C#N)cc2)cc2ccnc(OCC3(SN4CC(O)C4)CC3)c21. The summed E-state index contributed by atoms with van der Waals surface area (Å²) in [5.74, 6) is -0.108. The molecule has 3 aromatic rings. The first kappa shape index (κ1) is 23.4. The first-order valence-electron chi connectivity index (χ1n) is 11.4. The fraction of sp³-hybridized carbons (Fsp3) is 0.360. The molecule has 1 aliphatic carbocycles. The number of carbonyl (C=O) groups excluding carboxylic acids is 1. The topological polar surface area (TPSA) is 120 Å². The standard InChI is InChI=1S/C25H25N5O4S/c1-29-21-18(6-9-27-23(21)34-15-25(7-8-25)35-30-13-19(31)14-30)10-20(24(29)33)22(32)28-12-17-4-2-16(11-26)3-5-17/h2-6,9-10,19,31H,7-8,12-15H2,1H3,(H,28,32). The van der Waals surface area contributed by atoms with Crippen LogP contribution in [0.4, 0.5) is 0 Å². The van der Waals surface area contributed by atoms with E-state index in [-0.39, 0.29) is 23.0 Å². The molecule has 3 heterocycles. The lowest BCUT2D eigenvalue weighted by atomic mass is 10.1. The normalized spacial score (nSPS) is 16.9. The summed E-state index contributed by atoms with van der Waals surface area (Å²) in [5.41, 5.74) is 1.52. The van der Waals surface area contributed by atoms with Crippen molar-refractivity contribution in [3.8, 4) is 11.9 Å². The highest BCUT2D eigenvalue weighted by Crippen LogP contribution is 2.51. The molecule has 2 aromatic heterocycles. The molecule has 2 N–H and O–H groups in total. The van der Waals surface area contributed by atoms with Crippen LogP contribution < -0.4 is 15.6 Å². The zero-order valence-electron chi connectivity index (χ0n) is 19.2. The molecule has 9 nitrogen and oxygen atoms in total. The van der Waals surface area contributed by atoms with Crippen molar-refractivity contribution >= 4 is 28.8 Å². The van der Waals surface area contributed by atoms with Gasteiger partial charge in [-0.2, -0.15) is 5.26 Å². The number of nitrogens with zero attached hydrogens (tertiary/aromatic N) is 4. The van der Waals surface area contributed by atoms with Crippen LogP contribution in [0.3, 0.4) is 0 Å². The molecule has 1 saturated heterocycles. The highest BCUT2D eigenvalue weighted by Gasteiger charge is 2.48. The number of fused-ring (bicyclic) bond motifs is 1. The lowest BCUT2D eigenvalue weighted by Crippen LogP contribution is -2.48. The van der Waals surface area contributed by atoms with E-state index in [0.717, 1.165) is 18.4 Å². The van der Waals surface area contributed by atoms with Crippen molar-refractivity contribution in [3.63, 3.8) is 0 Å². The number of pyridine rings is 2. The Morgan fingerprint density at radius 2 is 2.06 bits per heavy atom. The summed E-state index contributed by atoms with van der Waals surface area (Å²) < 4.78 is 9.64. The molecule has 2 aliphatic rings. The Hall–Kier alpha value is -3.39. The molecule has 5 rings (SSSR count). The second kappa shape index (κ2) is 9.34. The largest absolute Gasteiger partial charge is 0.475 e. The van der Waals surface area contributed by atoms with Gasteiger partial charge in [0.1, 0.15) is 17.7 Å². The van der Waals surface area contributed by atoms with Crippen molar-refractivity contribution in [2.45, 2.75) is 30.2 Å². The van der Waals surface area contributed by atoms with E-state index in [1.807, 2.05) is 0 Å². The van der Waals surface area contributed by atoms with E-state index >= 15 is 0 Å². The maximum absolute atomic E-state index is 13.1. The van der Waals surface area contributed by atoms with Gasteiger partial charge >= 0.3 is 0 Å². The number of hydrogen-bond acceptors (Lipinski definition) is 8. The van der Waals surface area contributed by atoms with Gasteiger partial charge in [-0.05, 0) is 42.7 Å². The average Bonchev–Trinajstić information content (AvgIpc) is 3.62. The number of amides is 1. The summed E-state index contributed by atoms with van der Waals surface area (Å²) in [5, 5.41) is 21.9. The van der Waals surface area contributed by atoms with Gasteiger partial charge in [0, 0.05) is 38.3 Å². The van der Waals surface area contributed by atoms with E-state index in [0.29, 0.717) is 42.0 Å². The van der Waals surface area contributed by atoms with E-state index in [1.165, 1.54) is 4.57 Å². The number of nitrogens with one attached hydrogen (secondary N) is 1. The number of aryl methyl sites for hydroxylation is 1. The van der Waals surface area contributed by atoms with Crippen LogP contribution in [-0.2, 0) is 13.6 Å². The Morgan fingerprint density at radius 3 is 2.71 bits per heavy atom. The molecule has 180 valence electrons. The zero-order valence-corrected chi connectivity index (χ0v) is 20.0. The van der Waals surface area contributed by atoms with Gasteiger partial charge in [0.25, 0.3) is 11.5 Å². The van der Waals surface area contributed by atoms with Crippen LogP contribution in [0, 0.1) is 11.3 Å². The Bertz CT molecular complexity index is 1370. The highest BCUT2D eigenvalue weighted by molar-refractivity contribution is 7.98. The summed E-state index contributed by atoms with van der Waals surface area (Å²) in [4.78, 5) is 30.2. The molecule has 0 unspecified atom stereocenters. The molecule has 1 aliphatic heterocycles. The molecular formula is C25H25N5O4S. The molecule has 0 spiro atoms. The Kier molecular flexibility index (Phi) is 6.23. The van der Waals surface area contributed by atoms with Crippen LogP contribution in [-0.4, -0.2) is 55.4 Å². The fourth-order valence-electron chi connectivity index (χ4n) is 4.01. The maximum atomic E-state index is 13.1. The van der Waals surface area contributed by atoms with Gasteiger partial charge in [0.2, 0.25) is 5.88 Å². The fourth-order valence-corrected chi connectivity index (χ4v) is 5.45. The van der Waals surface area contributed by atoms with E-state index in [2.05, 4.69) is 20.7 Å². The summed E-state index contributed by atoms with van der Waals surface area (Å²) in [6.07, 6.45) is 3.41. The molecule has 35 heavy (non-hydrogen) atoms. The van der Waals surface area contributed by atoms with Crippen molar-refractivity contribution in [1.82, 2.24) is 19.2 Å². The third-order valence-electron chi connectivity index (χ3n) is 6.30. The van der Waals surface area contributed by atoms with Crippen molar-refractivity contribution in [3.05, 3.63) is 69.6 Å². The molecule has 10 heteroatoms. The Balaban J connectivity index is 1.31. The molecular weight excluding hydrogens is 466 g/mol. The molecule has 1 aromatic carbocycles. The van der Waals surface area contributed by atoms with Crippen molar-refractivity contribution in [2.24, 2.45) is 7.05 Å². The molecule has 1 amide bonds. The second-order valence-electron chi connectivity index (χ2n) is 9.03. The van der Waals surface area contributed by atoms with E-state index in [9.17, 15) is 14.7 Å². The quantitative estimate of drug-likeness (QED) is 0.459. The Labute approximate surface area is 206 Å². The smallest absolute Gasteiger partial charge is 0.263 e. The van der Waals surface area contributed by atoms with Crippen molar-refractivity contribution in [2.75, 3.05) is 19.7 Å². The minimum atomic E-state index is -0.471. The molecule has 0 radical (unpaired) electrons. The number of rotatable bonds is 8. The van der Waals surface area contributed by atoms with Gasteiger partial charge in [0.05, 0.1) is 22.5 Å². The number of aliphatic hydroxyl groups is 1. The number of nitriles is 1. The summed E-state index contributed by atoms with van der Waals surface area (Å²) >= 11 is 1.73. The van der Waals surface area contributed by atoms with E-state index < -0.39 is 11.5 Å². The van der Waals surface area contributed by atoms with E-state index in [4.69, 9.17) is 10.00 Å². The minimum Gasteiger partial charge on any atom is -0.475 e. The van der Waals surface area contributed by atoms with Crippen LogP contribution in [0.1, 0.15) is 34.3 Å². The van der Waals surface area contributed by atoms with Crippen LogP contribution >= 0.6 is 11.9 Å². The van der Waals surface area contributed by atoms with Gasteiger partial charge in [0.15, 0.2) is 0 Å². The van der Waals surface area contributed by atoms with Crippen molar-refractivity contribution < 1.29 is 14.6 Å². The number of carbonyl (C=O) groups is 1. The summed E-state index contributed by atoms with van der Waals surface area (Å²) in [6.45, 7) is 2.04. The summed E-state index contributed by atoms with van der Waals surface area (Å²) in [6, 6.07) is 12.3. The molecule has 0 bridgehead atoms. The predicted octanol–water partition coefficient (Wildman–Crippen LogP) is 1.97. The number of aromatic nitrogens is 2. The predicted molar refractivity (Wildman–Crippen MR) is 132 cm³/mol. The van der Waals surface area contributed by atoms with Gasteiger partial charge in [-0.1, -0.05) is 24.1 Å². The van der Waals surface area contributed by atoms with Gasteiger partial charge in [-0.3, -0.25) is 9.59 Å². The summed E-state index contributed by atoms with van der Waals surface area (Å²) in [7, 11) is 1.61. The molecule has 1 saturated carbocycles. The number of benzene rings is 1. The highest BCUT2D eigenvalue weighted by atomic mass is 32.2. The maximum Gasteiger partial charge on any atom is 0.263 e. The average molecular weight is 492 g/mol. The zero-order chi connectivity index (χ0) is 24.6. The second-order valence-corrected chi connectivity index (χ2v) is 10.6. The first-order chi connectivity index (χ1) is 16.9.